The molecule has 0 aliphatic rings. The smallest absolute Gasteiger partial charge is 0.305 e. The van der Waals surface area contributed by atoms with E-state index in [9.17, 15) is 4.79 Å². The lowest BCUT2D eigenvalue weighted by Gasteiger charge is -2.12. The van der Waals surface area contributed by atoms with Crippen LogP contribution in [-0.4, -0.2) is 49.2 Å². The molecule has 0 heterocycles. The zero-order valence-electron chi connectivity index (χ0n) is 23.2. The molecule has 6 nitrogen and oxygen atoms in total. The molecule has 0 amide bonds. The van der Waals surface area contributed by atoms with Crippen molar-refractivity contribution in [2.24, 2.45) is 0 Å². The van der Waals surface area contributed by atoms with E-state index >= 15 is 0 Å². The standard InChI is InChI=1S/C21H40O4.C6H15O2PS2/c1-2-3-4-5-6-7-8-9-10-11-12-13-14-15-16-17-21(24)25-19-20(23)18-22;1-3-4-5-6-8-9(10,11)7-2/h9-10,20,22-23H,2-8,11-19H2,1H3;3-6H2,1-2H3,(H,10,11)/b10-9-;. The highest BCUT2D eigenvalue weighted by molar-refractivity contribution is 8.60. The Hall–Kier alpha value is 0.0500. The summed E-state index contributed by atoms with van der Waals surface area (Å²) in [6.07, 6.45) is 23.5. The Morgan fingerprint density at radius 2 is 1.39 bits per heavy atom. The lowest BCUT2D eigenvalue weighted by Crippen LogP contribution is -2.21. The summed E-state index contributed by atoms with van der Waals surface area (Å²) in [5.41, 5.74) is -2.19. The normalized spacial score (nSPS) is 13.7. The van der Waals surface area contributed by atoms with Gasteiger partial charge in [0.25, 0.3) is 0 Å². The second-order valence-corrected chi connectivity index (χ2v) is 14.4. The maximum absolute atomic E-state index is 11.4. The van der Waals surface area contributed by atoms with E-state index in [1.807, 2.05) is 0 Å². The van der Waals surface area contributed by atoms with Gasteiger partial charge in [-0.2, -0.15) is 0 Å². The number of carbonyl (C=O) groups is 1. The van der Waals surface area contributed by atoms with Gasteiger partial charge < -0.3 is 24.0 Å². The van der Waals surface area contributed by atoms with Gasteiger partial charge in [0.2, 0.25) is 5.69 Å². The van der Waals surface area contributed by atoms with Crippen molar-refractivity contribution in [3.63, 3.8) is 0 Å². The number of thiol groups is 1. The summed E-state index contributed by atoms with van der Waals surface area (Å²) in [5.74, 6) is -0.287. The Balaban J connectivity index is 0. The van der Waals surface area contributed by atoms with Crippen LogP contribution in [0.4, 0.5) is 0 Å². The lowest BCUT2D eigenvalue weighted by molar-refractivity contribution is -0.147. The first-order chi connectivity index (χ1) is 17.3. The minimum absolute atomic E-state index is 0.111. The van der Waals surface area contributed by atoms with Gasteiger partial charge in [-0.3, -0.25) is 4.79 Å². The van der Waals surface area contributed by atoms with E-state index in [2.05, 4.69) is 38.2 Å². The number of hydrogen-bond donors (Lipinski definition) is 3. The molecule has 2 atom stereocenters. The monoisotopic (exact) mass is 570 g/mol. The average Bonchev–Trinajstić information content (AvgIpc) is 2.87. The van der Waals surface area contributed by atoms with Crippen LogP contribution < -0.4 is 0 Å². The van der Waals surface area contributed by atoms with Crippen LogP contribution in [0.3, 0.4) is 0 Å². The molecule has 0 rings (SSSR count). The molecule has 2 unspecified atom stereocenters. The van der Waals surface area contributed by atoms with Crippen molar-refractivity contribution < 1.29 is 28.8 Å². The Labute approximate surface area is 232 Å². The van der Waals surface area contributed by atoms with E-state index in [4.69, 9.17) is 35.8 Å². The fourth-order valence-electron chi connectivity index (χ4n) is 3.24. The van der Waals surface area contributed by atoms with Crippen molar-refractivity contribution >= 4 is 35.7 Å². The second-order valence-electron chi connectivity index (χ2n) is 9.05. The first-order valence-corrected chi connectivity index (χ1v) is 17.7. The molecule has 216 valence electrons. The molecule has 36 heavy (non-hydrogen) atoms. The number of aliphatic hydroxyl groups excluding tert-OH is 2. The van der Waals surface area contributed by atoms with Crippen molar-refractivity contribution in [3.8, 4) is 0 Å². The summed E-state index contributed by atoms with van der Waals surface area (Å²) < 4.78 is 15.0. The summed E-state index contributed by atoms with van der Waals surface area (Å²) in [5, 5.41) is 17.7. The highest BCUT2D eigenvalue weighted by Gasteiger charge is 2.09. The Bertz CT molecular complexity index is 548. The van der Waals surface area contributed by atoms with E-state index < -0.39 is 11.8 Å². The summed E-state index contributed by atoms with van der Waals surface area (Å²) in [7, 11) is 1.54. The van der Waals surface area contributed by atoms with E-state index in [0.29, 0.717) is 13.0 Å². The van der Waals surface area contributed by atoms with E-state index in [0.717, 1.165) is 32.1 Å². The van der Waals surface area contributed by atoms with Crippen LogP contribution in [-0.2, 0) is 30.4 Å². The van der Waals surface area contributed by atoms with Crippen molar-refractivity contribution in [2.45, 2.75) is 129 Å². The minimum Gasteiger partial charge on any atom is -0.463 e. The topological polar surface area (TPSA) is 85.2 Å². The Morgan fingerprint density at radius 3 is 1.92 bits per heavy atom. The van der Waals surface area contributed by atoms with Crippen LogP contribution in [0.1, 0.15) is 123 Å². The van der Waals surface area contributed by atoms with E-state index in [1.165, 1.54) is 77.7 Å². The highest BCUT2D eigenvalue weighted by Crippen LogP contribution is 2.52. The van der Waals surface area contributed by atoms with Crippen LogP contribution in [0.2, 0.25) is 0 Å². The van der Waals surface area contributed by atoms with Crippen molar-refractivity contribution in [1.82, 2.24) is 0 Å². The third-order valence-corrected chi connectivity index (χ3v) is 8.09. The predicted octanol–water partition coefficient (Wildman–Crippen LogP) is 7.91. The number of carbonyl (C=O) groups excluding carboxylic acids is 1. The van der Waals surface area contributed by atoms with Gasteiger partial charge in [-0.05, 0) is 50.3 Å². The van der Waals surface area contributed by atoms with Gasteiger partial charge in [-0.25, -0.2) is 0 Å². The van der Waals surface area contributed by atoms with Crippen LogP contribution >= 0.6 is 17.9 Å². The first kappa shape index (κ1) is 38.2. The third kappa shape index (κ3) is 32.1. The summed E-state index contributed by atoms with van der Waals surface area (Å²) in [6, 6.07) is 0. The van der Waals surface area contributed by atoms with Crippen LogP contribution in [0, 0.1) is 0 Å². The third-order valence-electron chi connectivity index (χ3n) is 5.52. The minimum atomic E-state index is -2.19. The average molecular weight is 571 g/mol. The van der Waals surface area contributed by atoms with Gasteiger partial charge in [-0.15, -0.1) is 0 Å². The zero-order chi connectivity index (χ0) is 27.3. The fraction of sp³-hybridized carbons (Fsp3) is 0.889. The fourth-order valence-corrected chi connectivity index (χ4v) is 4.17. The molecular formula is C27H55O6PS2. The molecule has 0 aliphatic heterocycles. The van der Waals surface area contributed by atoms with Gasteiger partial charge in [-0.1, -0.05) is 102 Å². The predicted molar refractivity (Wildman–Crippen MR) is 159 cm³/mol. The van der Waals surface area contributed by atoms with E-state index in [1.54, 1.807) is 0 Å². The summed E-state index contributed by atoms with van der Waals surface area (Å²) in [4.78, 5) is 11.4. The number of esters is 1. The maximum Gasteiger partial charge on any atom is 0.305 e. The molecular weight excluding hydrogens is 515 g/mol. The molecule has 0 aliphatic carbocycles. The molecule has 0 radical (unpaired) electrons. The first-order valence-electron chi connectivity index (χ1n) is 14.0. The van der Waals surface area contributed by atoms with E-state index in [-0.39, 0.29) is 19.2 Å². The number of hydrogen-bond acceptors (Lipinski definition) is 7. The second kappa shape index (κ2) is 29.6. The van der Waals surface area contributed by atoms with Crippen molar-refractivity contribution in [1.29, 1.82) is 0 Å². The summed E-state index contributed by atoms with van der Waals surface area (Å²) in [6.45, 7) is 4.58. The number of allylic oxidation sites excluding steroid dienone is 2. The van der Waals surface area contributed by atoms with Gasteiger partial charge in [0, 0.05) is 13.5 Å². The molecule has 0 spiro atoms. The molecule has 0 aromatic carbocycles. The van der Waals surface area contributed by atoms with Crippen LogP contribution in [0.5, 0.6) is 0 Å². The largest absolute Gasteiger partial charge is 0.463 e. The summed E-state index contributed by atoms with van der Waals surface area (Å²) >= 11 is 9.00. The number of aliphatic hydroxyl groups is 2. The SMILES string of the molecule is CCCCCCCC/C=C\CCCCCCCC(=O)OCC(O)CO.CCCCCOP(=S)(S)OC. The lowest BCUT2D eigenvalue weighted by atomic mass is 10.1. The highest BCUT2D eigenvalue weighted by atomic mass is 32.9. The number of rotatable bonds is 24. The molecule has 0 bridgehead atoms. The number of ether oxygens (including phenoxy) is 1. The maximum atomic E-state index is 11.4. The Morgan fingerprint density at radius 1 is 0.889 bits per heavy atom. The van der Waals surface area contributed by atoms with Gasteiger partial charge in [0.1, 0.15) is 12.7 Å². The quantitative estimate of drug-likeness (QED) is 0.0357. The van der Waals surface area contributed by atoms with Crippen molar-refractivity contribution in [3.05, 3.63) is 12.2 Å². The molecule has 2 N–H and O–H groups in total. The van der Waals surface area contributed by atoms with Crippen LogP contribution in [0.15, 0.2) is 12.2 Å². The van der Waals surface area contributed by atoms with Gasteiger partial charge in [0.15, 0.2) is 0 Å². The van der Waals surface area contributed by atoms with Gasteiger partial charge >= 0.3 is 5.97 Å². The van der Waals surface area contributed by atoms with Crippen molar-refractivity contribution in [2.75, 3.05) is 26.9 Å². The molecule has 9 heteroatoms. The number of unbranched alkanes of at least 4 members (excludes halogenated alkanes) is 13. The molecule has 0 fully saturated rings. The van der Waals surface area contributed by atoms with Crippen LogP contribution in [0.25, 0.3) is 0 Å². The molecule has 0 aromatic heterocycles. The molecule has 0 saturated heterocycles. The molecule has 0 aromatic rings. The molecule has 0 saturated carbocycles. The van der Waals surface area contributed by atoms with Gasteiger partial charge in [0.05, 0.1) is 13.2 Å². The Kier molecular flexibility index (Phi) is 31.4. The zero-order valence-corrected chi connectivity index (χ0v) is 25.8.